The third kappa shape index (κ3) is 4.24. The maximum absolute atomic E-state index is 12.2. The van der Waals surface area contributed by atoms with E-state index in [0.29, 0.717) is 0 Å². The van der Waals surface area contributed by atoms with Crippen LogP contribution in [0.4, 0.5) is 10.5 Å². The molecular weight excluding hydrogens is 334 g/mol. The third-order valence-electron chi connectivity index (χ3n) is 3.67. The van der Waals surface area contributed by atoms with E-state index in [9.17, 15) is 14.9 Å². The minimum absolute atomic E-state index is 0.0860. The lowest BCUT2D eigenvalue weighted by Gasteiger charge is -2.18. The minimum atomic E-state index is -0.892. The van der Waals surface area contributed by atoms with Gasteiger partial charge in [-0.3, -0.25) is 10.1 Å². The molecule has 0 saturated heterocycles. The average molecular weight is 349 g/mol. The molecule has 0 saturated carbocycles. The number of hydrogen-bond acceptors (Lipinski definition) is 5. The molecule has 3 aromatic rings. The summed E-state index contributed by atoms with van der Waals surface area (Å²) in [7, 11) is 0. The number of carbonyl (C=O) groups excluding carboxylic acids is 1. The van der Waals surface area contributed by atoms with E-state index in [1.54, 1.807) is 0 Å². The lowest BCUT2D eigenvalue weighted by atomic mass is 10.0. The highest BCUT2D eigenvalue weighted by molar-refractivity contribution is 5.65. The normalized spacial score (nSPS) is 10.3. The van der Waals surface area contributed by atoms with Crippen molar-refractivity contribution in [2.75, 3.05) is 0 Å². The van der Waals surface area contributed by atoms with E-state index >= 15 is 0 Å². The molecule has 0 heterocycles. The maximum Gasteiger partial charge on any atom is 0.514 e. The first-order valence-corrected chi connectivity index (χ1v) is 7.86. The van der Waals surface area contributed by atoms with Crippen LogP contribution in [0.3, 0.4) is 0 Å². The number of non-ortho nitro benzene ring substituents is 1. The second-order valence-electron chi connectivity index (χ2n) is 5.42. The van der Waals surface area contributed by atoms with Gasteiger partial charge >= 0.3 is 6.16 Å². The van der Waals surface area contributed by atoms with Gasteiger partial charge in [0.2, 0.25) is 0 Å². The number of nitro groups is 1. The molecule has 0 N–H and O–H groups in total. The van der Waals surface area contributed by atoms with Crippen LogP contribution in [0.15, 0.2) is 84.9 Å². The molecule has 130 valence electrons. The van der Waals surface area contributed by atoms with E-state index in [0.717, 1.165) is 11.1 Å². The predicted molar refractivity (Wildman–Crippen MR) is 94.9 cm³/mol. The van der Waals surface area contributed by atoms with E-state index in [2.05, 4.69) is 0 Å². The Labute approximate surface area is 149 Å². The van der Waals surface area contributed by atoms with Crippen molar-refractivity contribution in [2.24, 2.45) is 0 Å². The standard InChI is InChI=1S/C20H15NO5/c22-20(25-18-13-11-17(12-14-18)21(23)24)26-19(15-7-3-1-4-8-15)16-9-5-2-6-10-16/h1-14,19H. The number of nitrogens with zero attached hydrogens (tertiary/aromatic N) is 1. The van der Waals surface area contributed by atoms with Gasteiger partial charge in [0.25, 0.3) is 5.69 Å². The smallest absolute Gasteiger partial charge is 0.421 e. The van der Waals surface area contributed by atoms with Gasteiger partial charge in [-0.05, 0) is 23.3 Å². The average Bonchev–Trinajstić information content (AvgIpc) is 2.68. The molecule has 0 unspecified atom stereocenters. The molecule has 26 heavy (non-hydrogen) atoms. The zero-order chi connectivity index (χ0) is 18.4. The topological polar surface area (TPSA) is 78.7 Å². The van der Waals surface area contributed by atoms with Gasteiger partial charge < -0.3 is 9.47 Å². The lowest BCUT2D eigenvalue weighted by Crippen LogP contribution is -2.16. The molecule has 3 aromatic carbocycles. The van der Waals surface area contributed by atoms with Crippen LogP contribution in [-0.4, -0.2) is 11.1 Å². The van der Waals surface area contributed by atoms with Crippen molar-refractivity contribution < 1.29 is 19.2 Å². The van der Waals surface area contributed by atoms with Gasteiger partial charge in [-0.25, -0.2) is 4.79 Å². The largest absolute Gasteiger partial charge is 0.514 e. The number of nitro benzene ring substituents is 1. The van der Waals surface area contributed by atoms with Gasteiger partial charge in [0.05, 0.1) is 4.92 Å². The van der Waals surface area contributed by atoms with Crippen LogP contribution in [0.2, 0.25) is 0 Å². The Bertz CT molecular complexity index is 840. The zero-order valence-electron chi connectivity index (χ0n) is 13.6. The summed E-state index contributed by atoms with van der Waals surface area (Å²) in [6, 6.07) is 23.8. The molecule has 0 fully saturated rings. The quantitative estimate of drug-likeness (QED) is 0.283. The molecule has 0 spiro atoms. The van der Waals surface area contributed by atoms with Gasteiger partial charge in [-0.2, -0.15) is 0 Å². The third-order valence-corrected chi connectivity index (χ3v) is 3.67. The first-order chi connectivity index (χ1) is 12.6. The number of rotatable bonds is 5. The molecule has 0 amide bonds. The molecule has 3 rings (SSSR count). The molecule has 0 aromatic heterocycles. The van der Waals surface area contributed by atoms with Crippen LogP contribution in [0, 0.1) is 10.1 Å². The second kappa shape index (κ2) is 7.94. The van der Waals surface area contributed by atoms with Gasteiger partial charge in [0, 0.05) is 12.1 Å². The molecule has 0 aliphatic rings. The first kappa shape index (κ1) is 17.2. The second-order valence-corrected chi connectivity index (χ2v) is 5.42. The van der Waals surface area contributed by atoms with Crippen LogP contribution in [0.5, 0.6) is 5.75 Å². The first-order valence-electron chi connectivity index (χ1n) is 7.86. The molecule has 6 nitrogen and oxygen atoms in total. The highest BCUT2D eigenvalue weighted by Gasteiger charge is 2.20. The fourth-order valence-corrected chi connectivity index (χ4v) is 2.44. The van der Waals surface area contributed by atoms with Crippen molar-refractivity contribution in [2.45, 2.75) is 6.10 Å². The van der Waals surface area contributed by atoms with Gasteiger partial charge in [-0.15, -0.1) is 0 Å². The zero-order valence-corrected chi connectivity index (χ0v) is 13.6. The summed E-state index contributed by atoms with van der Waals surface area (Å²) in [5, 5.41) is 10.7. The van der Waals surface area contributed by atoms with E-state index < -0.39 is 17.2 Å². The fourth-order valence-electron chi connectivity index (χ4n) is 2.44. The summed E-state index contributed by atoms with van der Waals surface area (Å²) in [6.45, 7) is 0. The van der Waals surface area contributed by atoms with Crippen molar-refractivity contribution >= 4 is 11.8 Å². The number of benzene rings is 3. The Morgan fingerprint density at radius 2 is 1.31 bits per heavy atom. The van der Waals surface area contributed by atoms with Crippen LogP contribution in [-0.2, 0) is 4.74 Å². The molecule has 0 atom stereocenters. The maximum atomic E-state index is 12.2. The number of hydrogen-bond donors (Lipinski definition) is 0. The van der Waals surface area contributed by atoms with Crippen LogP contribution in [0.1, 0.15) is 17.2 Å². The summed E-state index contributed by atoms with van der Waals surface area (Å²) in [4.78, 5) is 22.4. The summed E-state index contributed by atoms with van der Waals surface area (Å²) in [5.74, 6) is 0.167. The Hall–Kier alpha value is -3.67. The molecule has 0 aliphatic carbocycles. The van der Waals surface area contributed by atoms with E-state index in [4.69, 9.17) is 9.47 Å². The van der Waals surface area contributed by atoms with Crippen molar-refractivity contribution in [3.8, 4) is 5.75 Å². The Kier molecular flexibility index (Phi) is 5.24. The molecule has 0 aliphatic heterocycles. The van der Waals surface area contributed by atoms with Crippen molar-refractivity contribution in [3.05, 3.63) is 106 Å². The number of carbonyl (C=O) groups is 1. The number of ether oxygens (including phenoxy) is 2. The minimum Gasteiger partial charge on any atom is -0.421 e. The summed E-state index contributed by atoms with van der Waals surface area (Å²) >= 11 is 0. The lowest BCUT2D eigenvalue weighted by molar-refractivity contribution is -0.384. The van der Waals surface area contributed by atoms with Crippen LogP contribution in [0.25, 0.3) is 0 Å². The van der Waals surface area contributed by atoms with E-state index in [-0.39, 0.29) is 11.4 Å². The van der Waals surface area contributed by atoms with Gasteiger partial charge in [-0.1, -0.05) is 60.7 Å². The molecule has 6 heteroatoms. The van der Waals surface area contributed by atoms with Crippen molar-refractivity contribution in [1.29, 1.82) is 0 Å². The SMILES string of the molecule is O=C(Oc1ccc([N+](=O)[O-])cc1)OC(c1ccccc1)c1ccccc1. The summed E-state index contributed by atoms with van der Waals surface area (Å²) < 4.78 is 10.6. The fraction of sp³-hybridized carbons (Fsp3) is 0.0500. The van der Waals surface area contributed by atoms with Crippen molar-refractivity contribution in [3.63, 3.8) is 0 Å². The highest BCUT2D eigenvalue weighted by Crippen LogP contribution is 2.27. The van der Waals surface area contributed by atoms with E-state index in [1.807, 2.05) is 60.7 Å². The Morgan fingerprint density at radius 3 is 1.77 bits per heavy atom. The van der Waals surface area contributed by atoms with Crippen LogP contribution < -0.4 is 4.74 Å². The molecular formula is C20H15NO5. The van der Waals surface area contributed by atoms with Crippen molar-refractivity contribution in [1.82, 2.24) is 0 Å². The predicted octanol–water partition coefficient (Wildman–Crippen LogP) is 4.90. The highest BCUT2D eigenvalue weighted by atomic mass is 16.7. The van der Waals surface area contributed by atoms with Crippen LogP contribution >= 0.6 is 0 Å². The van der Waals surface area contributed by atoms with E-state index in [1.165, 1.54) is 24.3 Å². The molecule has 0 bridgehead atoms. The Balaban J connectivity index is 1.76. The van der Waals surface area contributed by atoms with Gasteiger partial charge in [0.15, 0.2) is 6.10 Å². The monoisotopic (exact) mass is 349 g/mol. The molecule has 0 radical (unpaired) electrons. The Morgan fingerprint density at radius 1 is 0.808 bits per heavy atom. The van der Waals surface area contributed by atoms with Gasteiger partial charge in [0.1, 0.15) is 5.75 Å². The summed E-state index contributed by atoms with van der Waals surface area (Å²) in [6.07, 6.45) is -1.51. The summed E-state index contributed by atoms with van der Waals surface area (Å²) in [5.41, 5.74) is 1.52.